The van der Waals surface area contributed by atoms with Crippen molar-refractivity contribution >= 4 is 11.5 Å². The highest BCUT2D eigenvalue weighted by molar-refractivity contribution is 5.66. The van der Waals surface area contributed by atoms with Gasteiger partial charge in [-0.3, -0.25) is 0 Å². The third-order valence-electron chi connectivity index (χ3n) is 3.81. The standard InChI is InChI=1S/C14H24N4O2/c1-10-5-3-4-6-11(10)18-13-12(15)14(17-9-16-13)20-8-7-19-2/h9-11H,3-8,15H2,1-2H3,(H,16,17,18). The van der Waals surface area contributed by atoms with Gasteiger partial charge in [-0.15, -0.1) is 0 Å². The van der Waals surface area contributed by atoms with Crippen molar-refractivity contribution in [1.29, 1.82) is 0 Å². The second-order valence-electron chi connectivity index (χ2n) is 5.29. The first-order valence-corrected chi connectivity index (χ1v) is 7.21. The minimum absolute atomic E-state index is 0.419. The SMILES string of the molecule is COCCOc1ncnc(NC2CCCCC2C)c1N. The van der Waals surface area contributed by atoms with Gasteiger partial charge >= 0.3 is 0 Å². The van der Waals surface area contributed by atoms with Crippen LogP contribution >= 0.6 is 0 Å². The second-order valence-corrected chi connectivity index (χ2v) is 5.29. The summed E-state index contributed by atoms with van der Waals surface area (Å²) in [5.41, 5.74) is 6.55. The van der Waals surface area contributed by atoms with E-state index in [9.17, 15) is 0 Å². The van der Waals surface area contributed by atoms with Crippen LogP contribution in [0.3, 0.4) is 0 Å². The van der Waals surface area contributed by atoms with Crippen LogP contribution < -0.4 is 15.8 Å². The highest BCUT2D eigenvalue weighted by Gasteiger charge is 2.22. The lowest BCUT2D eigenvalue weighted by atomic mass is 9.86. The van der Waals surface area contributed by atoms with E-state index in [0.717, 1.165) is 6.42 Å². The number of hydrogen-bond donors (Lipinski definition) is 2. The number of rotatable bonds is 6. The Bertz CT molecular complexity index is 428. The molecule has 3 N–H and O–H groups in total. The van der Waals surface area contributed by atoms with Gasteiger partial charge in [0, 0.05) is 13.2 Å². The van der Waals surface area contributed by atoms with Gasteiger partial charge in [-0.25, -0.2) is 4.98 Å². The van der Waals surface area contributed by atoms with Crippen LogP contribution in [0.15, 0.2) is 6.33 Å². The van der Waals surface area contributed by atoms with Gasteiger partial charge in [0.1, 0.15) is 18.6 Å². The molecule has 0 aliphatic heterocycles. The summed E-state index contributed by atoms with van der Waals surface area (Å²) < 4.78 is 10.4. The van der Waals surface area contributed by atoms with Gasteiger partial charge < -0.3 is 20.5 Å². The summed E-state index contributed by atoms with van der Waals surface area (Å²) in [5.74, 6) is 1.73. The fourth-order valence-corrected chi connectivity index (χ4v) is 2.54. The topological polar surface area (TPSA) is 82.3 Å². The maximum atomic E-state index is 6.07. The van der Waals surface area contributed by atoms with Crippen molar-refractivity contribution in [1.82, 2.24) is 9.97 Å². The van der Waals surface area contributed by atoms with E-state index in [0.29, 0.717) is 42.6 Å². The van der Waals surface area contributed by atoms with Gasteiger partial charge in [0.05, 0.1) is 6.61 Å². The highest BCUT2D eigenvalue weighted by atomic mass is 16.5. The monoisotopic (exact) mass is 280 g/mol. The Kier molecular flexibility index (Phi) is 5.40. The first-order valence-electron chi connectivity index (χ1n) is 7.21. The number of nitrogens with zero attached hydrogens (tertiary/aromatic N) is 2. The molecule has 2 rings (SSSR count). The average Bonchev–Trinajstić information content (AvgIpc) is 2.45. The summed E-state index contributed by atoms with van der Waals surface area (Å²) in [6.07, 6.45) is 6.45. The second kappa shape index (κ2) is 7.28. The van der Waals surface area contributed by atoms with Crippen LogP contribution in [0.25, 0.3) is 0 Å². The molecule has 6 nitrogen and oxygen atoms in total. The molecule has 6 heteroatoms. The van der Waals surface area contributed by atoms with Gasteiger partial charge in [0.2, 0.25) is 5.88 Å². The van der Waals surface area contributed by atoms with Crippen molar-refractivity contribution in [3.63, 3.8) is 0 Å². The van der Waals surface area contributed by atoms with Crippen LogP contribution in [0.4, 0.5) is 11.5 Å². The molecule has 112 valence electrons. The maximum Gasteiger partial charge on any atom is 0.242 e. The minimum atomic E-state index is 0.419. The van der Waals surface area contributed by atoms with E-state index in [1.807, 2.05) is 0 Å². The third-order valence-corrected chi connectivity index (χ3v) is 3.81. The number of nitrogens with two attached hydrogens (primary N) is 1. The van der Waals surface area contributed by atoms with Crippen LogP contribution in [0, 0.1) is 5.92 Å². The first-order chi connectivity index (χ1) is 9.72. The molecule has 1 fully saturated rings. The molecule has 2 atom stereocenters. The number of ether oxygens (including phenoxy) is 2. The predicted octanol–water partition coefficient (Wildman–Crippen LogP) is 2.07. The Morgan fingerprint density at radius 2 is 2.10 bits per heavy atom. The number of hydrogen-bond acceptors (Lipinski definition) is 6. The molecule has 1 saturated carbocycles. The lowest BCUT2D eigenvalue weighted by Crippen LogP contribution is -2.31. The van der Waals surface area contributed by atoms with E-state index in [-0.39, 0.29) is 0 Å². The minimum Gasteiger partial charge on any atom is -0.474 e. The number of nitrogens with one attached hydrogen (secondary N) is 1. The van der Waals surface area contributed by atoms with Crippen LogP contribution in [-0.2, 0) is 4.74 Å². The molecule has 0 bridgehead atoms. The molecule has 1 heterocycles. The largest absolute Gasteiger partial charge is 0.474 e. The summed E-state index contributed by atoms with van der Waals surface area (Å²) in [6, 6.07) is 0.424. The van der Waals surface area contributed by atoms with Gasteiger partial charge in [-0.05, 0) is 18.8 Å². The van der Waals surface area contributed by atoms with E-state index in [4.69, 9.17) is 15.2 Å². The van der Waals surface area contributed by atoms with Crippen molar-refractivity contribution in [2.45, 2.75) is 38.6 Å². The molecule has 20 heavy (non-hydrogen) atoms. The Morgan fingerprint density at radius 3 is 2.85 bits per heavy atom. The molecule has 0 radical (unpaired) electrons. The Morgan fingerprint density at radius 1 is 1.30 bits per heavy atom. The smallest absolute Gasteiger partial charge is 0.242 e. The number of methoxy groups -OCH3 is 1. The van der Waals surface area contributed by atoms with Gasteiger partial charge in [-0.1, -0.05) is 19.8 Å². The fourth-order valence-electron chi connectivity index (χ4n) is 2.54. The molecule has 1 aromatic heterocycles. The molecule has 2 unspecified atom stereocenters. The van der Waals surface area contributed by atoms with Gasteiger partial charge in [0.25, 0.3) is 0 Å². The number of nitrogen functional groups attached to an aromatic ring is 1. The fraction of sp³-hybridized carbons (Fsp3) is 0.714. The molecule has 1 aliphatic rings. The molecule has 0 saturated heterocycles. The molecule has 1 aliphatic carbocycles. The zero-order valence-corrected chi connectivity index (χ0v) is 12.3. The van der Waals surface area contributed by atoms with E-state index >= 15 is 0 Å². The molecule has 1 aromatic rings. The number of aromatic nitrogens is 2. The normalized spacial score (nSPS) is 22.5. The maximum absolute atomic E-state index is 6.07. The summed E-state index contributed by atoms with van der Waals surface area (Å²) in [6.45, 7) is 3.20. The zero-order chi connectivity index (χ0) is 14.4. The number of anilines is 2. The van der Waals surface area contributed by atoms with E-state index in [1.54, 1.807) is 7.11 Å². The van der Waals surface area contributed by atoms with Gasteiger partial charge in [-0.2, -0.15) is 4.98 Å². The summed E-state index contributed by atoms with van der Waals surface area (Å²) >= 11 is 0. The summed E-state index contributed by atoms with van der Waals surface area (Å²) in [4.78, 5) is 8.31. The van der Waals surface area contributed by atoms with E-state index < -0.39 is 0 Å². The molecular formula is C14H24N4O2. The summed E-state index contributed by atoms with van der Waals surface area (Å²) in [7, 11) is 1.63. The van der Waals surface area contributed by atoms with Crippen molar-refractivity contribution in [2.75, 3.05) is 31.4 Å². The Balaban J connectivity index is 2.02. The van der Waals surface area contributed by atoms with Crippen LogP contribution in [0.1, 0.15) is 32.6 Å². The molecule has 0 amide bonds. The van der Waals surface area contributed by atoms with E-state index in [1.165, 1.54) is 25.6 Å². The zero-order valence-electron chi connectivity index (χ0n) is 12.3. The van der Waals surface area contributed by atoms with Crippen molar-refractivity contribution in [2.24, 2.45) is 5.92 Å². The Labute approximate surface area is 120 Å². The Hall–Kier alpha value is -1.56. The van der Waals surface area contributed by atoms with E-state index in [2.05, 4.69) is 22.2 Å². The first kappa shape index (κ1) is 14.8. The highest BCUT2D eigenvalue weighted by Crippen LogP contribution is 2.30. The lowest BCUT2D eigenvalue weighted by molar-refractivity contribution is 0.144. The molecule has 0 aromatic carbocycles. The average molecular weight is 280 g/mol. The van der Waals surface area contributed by atoms with Crippen molar-refractivity contribution < 1.29 is 9.47 Å². The van der Waals surface area contributed by atoms with Crippen LogP contribution in [-0.4, -0.2) is 36.3 Å². The third kappa shape index (κ3) is 3.72. The molecule has 0 spiro atoms. The van der Waals surface area contributed by atoms with Crippen molar-refractivity contribution in [3.8, 4) is 5.88 Å². The predicted molar refractivity (Wildman–Crippen MR) is 78.9 cm³/mol. The van der Waals surface area contributed by atoms with Gasteiger partial charge in [0.15, 0.2) is 5.82 Å². The lowest BCUT2D eigenvalue weighted by Gasteiger charge is -2.30. The quantitative estimate of drug-likeness (QED) is 0.776. The van der Waals surface area contributed by atoms with Crippen molar-refractivity contribution in [3.05, 3.63) is 6.33 Å². The van der Waals surface area contributed by atoms with Crippen LogP contribution in [0.5, 0.6) is 5.88 Å². The molecular weight excluding hydrogens is 256 g/mol. The summed E-state index contributed by atoms with van der Waals surface area (Å²) in [5, 5.41) is 3.44. The van der Waals surface area contributed by atoms with Crippen LogP contribution in [0.2, 0.25) is 0 Å².